The van der Waals surface area contributed by atoms with E-state index in [4.69, 9.17) is 9.47 Å². The van der Waals surface area contributed by atoms with Gasteiger partial charge in [-0.2, -0.15) is 0 Å². The molecule has 2 aliphatic heterocycles. The van der Waals surface area contributed by atoms with Crippen molar-refractivity contribution in [2.75, 3.05) is 19.8 Å². The minimum absolute atomic E-state index is 0. The van der Waals surface area contributed by atoms with Crippen molar-refractivity contribution in [2.45, 2.75) is 38.0 Å². The van der Waals surface area contributed by atoms with Crippen LogP contribution in [0.25, 0.3) is 0 Å². The van der Waals surface area contributed by atoms with E-state index in [9.17, 15) is 0 Å². The quantitative estimate of drug-likeness (QED) is 0.741. The molecule has 2 rings (SSSR count). The molecule has 78 valence electrons. The Kier molecular flexibility index (Phi) is 3.98. The van der Waals surface area contributed by atoms with Gasteiger partial charge in [-0.05, 0) is 26.3 Å². The van der Waals surface area contributed by atoms with Gasteiger partial charge in [0.25, 0.3) is 0 Å². The summed E-state index contributed by atoms with van der Waals surface area (Å²) in [7, 11) is 0. The fourth-order valence-electron chi connectivity index (χ4n) is 2.02. The molecule has 2 fully saturated rings. The van der Waals surface area contributed by atoms with E-state index >= 15 is 0 Å². The molecule has 2 aliphatic rings. The predicted molar refractivity (Wildman–Crippen MR) is 53.2 cm³/mol. The first-order valence-electron chi connectivity index (χ1n) is 4.77. The van der Waals surface area contributed by atoms with Gasteiger partial charge in [-0.3, -0.25) is 0 Å². The van der Waals surface area contributed by atoms with Crippen LogP contribution in [-0.2, 0) is 9.47 Å². The van der Waals surface area contributed by atoms with E-state index in [-0.39, 0.29) is 24.2 Å². The van der Waals surface area contributed by atoms with Crippen molar-refractivity contribution < 1.29 is 9.47 Å². The largest absolute Gasteiger partial charge is 0.350 e. The average Bonchev–Trinajstić information content (AvgIpc) is 2.62. The molecule has 2 saturated heterocycles. The van der Waals surface area contributed by atoms with E-state index in [2.05, 4.69) is 12.2 Å². The van der Waals surface area contributed by atoms with Crippen LogP contribution in [0.4, 0.5) is 0 Å². The summed E-state index contributed by atoms with van der Waals surface area (Å²) >= 11 is 0. The molecular formula is C9H18ClNO2. The van der Waals surface area contributed by atoms with Crippen molar-refractivity contribution in [1.82, 2.24) is 5.32 Å². The summed E-state index contributed by atoms with van der Waals surface area (Å²) in [6, 6.07) is 0. The molecule has 1 unspecified atom stereocenters. The molecule has 0 bridgehead atoms. The van der Waals surface area contributed by atoms with Gasteiger partial charge in [-0.1, -0.05) is 0 Å². The molecule has 1 atom stereocenters. The highest BCUT2D eigenvalue weighted by molar-refractivity contribution is 5.85. The molecule has 0 spiro atoms. The van der Waals surface area contributed by atoms with Crippen LogP contribution in [0.5, 0.6) is 0 Å². The summed E-state index contributed by atoms with van der Waals surface area (Å²) < 4.78 is 10.8. The molecule has 0 radical (unpaired) electrons. The number of halogens is 1. The Bertz CT molecular complexity index is 154. The van der Waals surface area contributed by atoms with Gasteiger partial charge in [0.2, 0.25) is 0 Å². The van der Waals surface area contributed by atoms with Crippen LogP contribution in [0.15, 0.2) is 0 Å². The van der Waals surface area contributed by atoms with Crippen LogP contribution in [0.2, 0.25) is 0 Å². The summed E-state index contributed by atoms with van der Waals surface area (Å²) in [4.78, 5) is 0. The molecular weight excluding hydrogens is 190 g/mol. The van der Waals surface area contributed by atoms with Crippen molar-refractivity contribution in [1.29, 1.82) is 0 Å². The summed E-state index contributed by atoms with van der Waals surface area (Å²) in [6.07, 6.45) is 3.56. The first-order chi connectivity index (χ1) is 5.79. The molecule has 0 aromatic rings. The third-order valence-electron chi connectivity index (χ3n) is 2.77. The highest BCUT2D eigenvalue weighted by atomic mass is 35.5. The van der Waals surface area contributed by atoms with Crippen LogP contribution in [0.1, 0.15) is 26.2 Å². The molecule has 13 heavy (non-hydrogen) atoms. The van der Waals surface area contributed by atoms with Gasteiger partial charge in [0, 0.05) is 12.0 Å². The maximum absolute atomic E-state index is 5.42. The minimum Gasteiger partial charge on any atom is -0.350 e. The van der Waals surface area contributed by atoms with Crippen molar-refractivity contribution in [2.24, 2.45) is 0 Å². The molecule has 0 aliphatic carbocycles. The van der Waals surface area contributed by atoms with Crippen molar-refractivity contribution >= 4 is 12.4 Å². The zero-order valence-corrected chi connectivity index (χ0v) is 8.86. The van der Waals surface area contributed by atoms with Crippen LogP contribution < -0.4 is 5.32 Å². The smallest absolute Gasteiger partial charge is 0.159 e. The van der Waals surface area contributed by atoms with Crippen molar-refractivity contribution in [3.8, 4) is 0 Å². The molecule has 4 heteroatoms. The third kappa shape index (κ3) is 2.81. The Morgan fingerprint density at radius 1 is 1.38 bits per heavy atom. The normalized spacial score (nSPS) is 34.8. The Morgan fingerprint density at radius 3 is 2.62 bits per heavy atom. The SMILES string of the molecule is CC1(CC2OCCO2)CCCN1.Cl. The molecule has 0 amide bonds. The maximum Gasteiger partial charge on any atom is 0.159 e. The van der Waals surface area contributed by atoms with E-state index < -0.39 is 0 Å². The van der Waals surface area contributed by atoms with Crippen molar-refractivity contribution in [3.63, 3.8) is 0 Å². The first kappa shape index (κ1) is 11.2. The Balaban J connectivity index is 0.000000845. The number of hydrogen-bond acceptors (Lipinski definition) is 3. The lowest BCUT2D eigenvalue weighted by Crippen LogP contribution is -2.39. The molecule has 0 aromatic heterocycles. The van der Waals surface area contributed by atoms with Gasteiger partial charge in [0.1, 0.15) is 0 Å². The van der Waals surface area contributed by atoms with E-state index in [1.54, 1.807) is 0 Å². The molecule has 1 N–H and O–H groups in total. The van der Waals surface area contributed by atoms with Gasteiger partial charge >= 0.3 is 0 Å². The van der Waals surface area contributed by atoms with E-state index in [1.165, 1.54) is 12.8 Å². The Labute approximate surface area is 85.6 Å². The van der Waals surface area contributed by atoms with Crippen LogP contribution >= 0.6 is 12.4 Å². The Morgan fingerprint density at radius 2 is 2.08 bits per heavy atom. The van der Waals surface area contributed by atoms with E-state index in [0.29, 0.717) is 0 Å². The van der Waals surface area contributed by atoms with E-state index in [1.807, 2.05) is 0 Å². The first-order valence-corrected chi connectivity index (χ1v) is 4.77. The van der Waals surface area contributed by atoms with Gasteiger partial charge in [-0.15, -0.1) is 12.4 Å². The number of ether oxygens (including phenoxy) is 2. The monoisotopic (exact) mass is 207 g/mol. The molecule has 0 saturated carbocycles. The zero-order valence-electron chi connectivity index (χ0n) is 8.04. The molecule has 2 heterocycles. The van der Waals surface area contributed by atoms with Crippen molar-refractivity contribution in [3.05, 3.63) is 0 Å². The second kappa shape index (κ2) is 4.60. The van der Waals surface area contributed by atoms with Gasteiger partial charge in [0.15, 0.2) is 6.29 Å². The van der Waals surface area contributed by atoms with Gasteiger partial charge in [-0.25, -0.2) is 0 Å². The summed E-state index contributed by atoms with van der Waals surface area (Å²) in [6.45, 7) is 4.93. The van der Waals surface area contributed by atoms with Gasteiger partial charge in [0.05, 0.1) is 13.2 Å². The second-order valence-corrected chi connectivity index (χ2v) is 3.97. The predicted octanol–water partition coefficient (Wildman–Crippen LogP) is 1.31. The third-order valence-corrected chi connectivity index (χ3v) is 2.77. The standard InChI is InChI=1S/C9H17NO2.ClH/c1-9(3-2-4-10-9)7-8-11-5-6-12-8;/h8,10H,2-7H2,1H3;1H. The minimum atomic E-state index is 0. The highest BCUT2D eigenvalue weighted by Crippen LogP contribution is 2.26. The average molecular weight is 208 g/mol. The van der Waals surface area contributed by atoms with Gasteiger partial charge < -0.3 is 14.8 Å². The molecule has 3 nitrogen and oxygen atoms in total. The van der Waals surface area contributed by atoms with Crippen LogP contribution in [0.3, 0.4) is 0 Å². The van der Waals surface area contributed by atoms with E-state index in [0.717, 1.165) is 26.2 Å². The Hall–Kier alpha value is 0.170. The van der Waals surface area contributed by atoms with Crippen LogP contribution in [-0.4, -0.2) is 31.6 Å². The molecule has 0 aromatic carbocycles. The lowest BCUT2D eigenvalue weighted by Gasteiger charge is -2.26. The lowest BCUT2D eigenvalue weighted by atomic mass is 9.96. The topological polar surface area (TPSA) is 30.5 Å². The summed E-state index contributed by atoms with van der Waals surface area (Å²) in [5.41, 5.74) is 0.259. The summed E-state index contributed by atoms with van der Waals surface area (Å²) in [5, 5.41) is 3.50. The zero-order chi connectivity index (χ0) is 8.44. The fourth-order valence-corrected chi connectivity index (χ4v) is 2.02. The number of nitrogens with one attached hydrogen (secondary N) is 1. The number of hydrogen-bond donors (Lipinski definition) is 1. The lowest BCUT2D eigenvalue weighted by molar-refractivity contribution is -0.0607. The second-order valence-electron chi connectivity index (χ2n) is 3.97. The summed E-state index contributed by atoms with van der Waals surface area (Å²) in [5.74, 6) is 0. The highest BCUT2D eigenvalue weighted by Gasteiger charge is 2.33. The number of rotatable bonds is 2. The van der Waals surface area contributed by atoms with Crippen LogP contribution in [0, 0.1) is 0 Å². The maximum atomic E-state index is 5.42. The fraction of sp³-hybridized carbons (Fsp3) is 1.00.